The summed E-state index contributed by atoms with van der Waals surface area (Å²) < 4.78 is 13.1. The molecule has 0 bridgehead atoms. The SMILES string of the molecule is CCCC(CC)c1ccsc1F. The average Bonchev–Trinajstić information content (AvgIpc) is 2.47. The van der Waals surface area contributed by atoms with Crippen LogP contribution in [0.5, 0.6) is 0 Å². The van der Waals surface area contributed by atoms with Crippen LogP contribution in [0.15, 0.2) is 11.4 Å². The Hall–Kier alpha value is -0.370. The van der Waals surface area contributed by atoms with Crippen LogP contribution < -0.4 is 0 Å². The maximum absolute atomic E-state index is 13.1. The van der Waals surface area contributed by atoms with Crippen molar-refractivity contribution in [3.8, 4) is 0 Å². The van der Waals surface area contributed by atoms with Crippen molar-refractivity contribution < 1.29 is 4.39 Å². The van der Waals surface area contributed by atoms with E-state index in [1.54, 1.807) is 0 Å². The molecule has 68 valence electrons. The standard InChI is InChI=1S/C10H15FS/c1-3-5-8(4-2)9-6-7-12-10(9)11/h6-8H,3-5H2,1-2H3. The third-order valence-electron chi connectivity index (χ3n) is 2.22. The molecule has 0 aliphatic rings. The summed E-state index contributed by atoms with van der Waals surface area (Å²) in [6, 6.07) is 1.92. The van der Waals surface area contributed by atoms with Gasteiger partial charge in [-0.05, 0) is 30.2 Å². The zero-order chi connectivity index (χ0) is 8.97. The van der Waals surface area contributed by atoms with Gasteiger partial charge in [-0.15, -0.1) is 11.3 Å². The van der Waals surface area contributed by atoms with Gasteiger partial charge in [-0.2, -0.15) is 4.39 Å². The van der Waals surface area contributed by atoms with E-state index < -0.39 is 0 Å². The molecule has 0 aliphatic heterocycles. The van der Waals surface area contributed by atoms with Crippen molar-refractivity contribution in [1.29, 1.82) is 0 Å². The van der Waals surface area contributed by atoms with Crippen molar-refractivity contribution in [3.63, 3.8) is 0 Å². The summed E-state index contributed by atoms with van der Waals surface area (Å²) in [6.07, 6.45) is 3.28. The fourth-order valence-electron chi connectivity index (χ4n) is 1.53. The van der Waals surface area contributed by atoms with Crippen LogP contribution in [0.25, 0.3) is 0 Å². The Labute approximate surface area is 77.4 Å². The van der Waals surface area contributed by atoms with Gasteiger partial charge in [0, 0.05) is 5.56 Å². The van der Waals surface area contributed by atoms with Crippen LogP contribution in [-0.2, 0) is 0 Å². The smallest absolute Gasteiger partial charge is 0.179 e. The highest BCUT2D eigenvalue weighted by molar-refractivity contribution is 7.08. The maximum atomic E-state index is 13.1. The molecule has 0 saturated heterocycles. The molecule has 0 nitrogen and oxygen atoms in total. The predicted octanol–water partition coefficient (Wildman–Crippen LogP) is 4.18. The molecule has 0 spiro atoms. The quantitative estimate of drug-likeness (QED) is 0.661. The molecule has 0 amide bonds. The van der Waals surface area contributed by atoms with Crippen molar-refractivity contribution >= 4 is 11.3 Å². The molecule has 0 fully saturated rings. The molecule has 1 heterocycles. The van der Waals surface area contributed by atoms with Crippen molar-refractivity contribution in [2.75, 3.05) is 0 Å². The lowest BCUT2D eigenvalue weighted by molar-refractivity contribution is 0.554. The lowest BCUT2D eigenvalue weighted by Gasteiger charge is -2.11. The number of hydrogen-bond acceptors (Lipinski definition) is 1. The Morgan fingerprint density at radius 3 is 2.67 bits per heavy atom. The lowest BCUT2D eigenvalue weighted by atomic mass is 9.94. The molecule has 1 rings (SSSR count). The van der Waals surface area contributed by atoms with E-state index >= 15 is 0 Å². The van der Waals surface area contributed by atoms with Gasteiger partial charge >= 0.3 is 0 Å². The van der Waals surface area contributed by atoms with Crippen LogP contribution in [0, 0.1) is 5.13 Å². The van der Waals surface area contributed by atoms with Crippen LogP contribution >= 0.6 is 11.3 Å². The van der Waals surface area contributed by atoms with Gasteiger partial charge < -0.3 is 0 Å². The normalized spacial score (nSPS) is 13.2. The summed E-state index contributed by atoms with van der Waals surface area (Å²) in [6.45, 7) is 4.27. The Morgan fingerprint density at radius 2 is 2.25 bits per heavy atom. The van der Waals surface area contributed by atoms with E-state index in [9.17, 15) is 4.39 Å². The fraction of sp³-hybridized carbons (Fsp3) is 0.600. The minimum absolute atomic E-state index is 0.00954. The molecule has 2 heteroatoms. The molecular weight excluding hydrogens is 171 g/mol. The first-order chi connectivity index (χ1) is 5.79. The maximum Gasteiger partial charge on any atom is 0.179 e. The predicted molar refractivity (Wildman–Crippen MR) is 52.2 cm³/mol. The van der Waals surface area contributed by atoms with E-state index in [2.05, 4.69) is 13.8 Å². The Kier molecular flexibility index (Phi) is 3.73. The topological polar surface area (TPSA) is 0 Å². The molecular formula is C10H15FS. The summed E-state index contributed by atoms with van der Waals surface area (Å²) in [7, 11) is 0. The zero-order valence-electron chi connectivity index (χ0n) is 7.64. The lowest BCUT2D eigenvalue weighted by Crippen LogP contribution is -1.96. The molecule has 0 saturated carbocycles. The van der Waals surface area contributed by atoms with Gasteiger partial charge in [0.05, 0.1) is 0 Å². The number of thiophene rings is 1. The van der Waals surface area contributed by atoms with Gasteiger partial charge in [0.1, 0.15) is 0 Å². The highest BCUT2D eigenvalue weighted by Gasteiger charge is 2.13. The largest absolute Gasteiger partial charge is 0.195 e. The fourth-order valence-corrected chi connectivity index (χ4v) is 2.23. The Balaban J connectivity index is 2.72. The molecule has 1 unspecified atom stereocenters. The number of halogens is 1. The van der Waals surface area contributed by atoms with Crippen LogP contribution in [0.4, 0.5) is 4.39 Å². The molecule has 1 atom stereocenters. The minimum Gasteiger partial charge on any atom is -0.195 e. The first-order valence-electron chi connectivity index (χ1n) is 4.52. The summed E-state index contributed by atoms with van der Waals surface area (Å²) in [5.41, 5.74) is 0.921. The third kappa shape index (κ3) is 2.07. The van der Waals surface area contributed by atoms with Crippen LogP contribution in [0.1, 0.15) is 44.6 Å². The molecule has 0 aromatic carbocycles. The van der Waals surface area contributed by atoms with Crippen LogP contribution in [0.3, 0.4) is 0 Å². The highest BCUT2D eigenvalue weighted by Crippen LogP contribution is 2.29. The highest BCUT2D eigenvalue weighted by atomic mass is 32.1. The number of hydrogen-bond donors (Lipinski definition) is 0. The Morgan fingerprint density at radius 1 is 1.50 bits per heavy atom. The first-order valence-corrected chi connectivity index (χ1v) is 5.40. The second kappa shape index (κ2) is 4.61. The Bertz CT molecular complexity index is 229. The average molecular weight is 186 g/mol. The van der Waals surface area contributed by atoms with Gasteiger partial charge in [0.2, 0.25) is 0 Å². The van der Waals surface area contributed by atoms with E-state index in [1.165, 1.54) is 11.3 Å². The monoisotopic (exact) mass is 186 g/mol. The van der Waals surface area contributed by atoms with Gasteiger partial charge in [0.15, 0.2) is 5.13 Å². The van der Waals surface area contributed by atoms with Crippen LogP contribution in [-0.4, -0.2) is 0 Å². The second-order valence-corrected chi connectivity index (χ2v) is 3.91. The van der Waals surface area contributed by atoms with Gasteiger partial charge in [-0.3, -0.25) is 0 Å². The van der Waals surface area contributed by atoms with Crippen molar-refractivity contribution in [3.05, 3.63) is 22.1 Å². The molecule has 0 aliphatic carbocycles. The van der Waals surface area contributed by atoms with Crippen molar-refractivity contribution in [2.24, 2.45) is 0 Å². The summed E-state index contributed by atoms with van der Waals surface area (Å²) >= 11 is 1.21. The van der Waals surface area contributed by atoms with Crippen LogP contribution in [0.2, 0.25) is 0 Å². The number of rotatable bonds is 4. The van der Waals surface area contributed by atoms with E-state index in [0.29, 0.717) is 5.92 Å². The summed E-state index contributed by atoms with van der Waals surface area (Å²) in [5, 5.41) is 1.85. The second-order valence-electron chi connectivity index (χ2n) is 3.04. The van der Waals surface area contributed by atoms with Gasteiger partial charge in [0.25, 0.3) is 0 Å². The van der Waals surface area contributed by atoms with E-state index in [0.717, 1.165) is 24.8 Å². The van der Waals surface area contributed by atoms with E-state index in [4.69, 9.17) is 0 Å². The molecule has 1 aromatic rings. The summed E-state index contributed by atoms with van der Waals surface area (Å²) in [4.78, 5) is 0. The molecule has 1 aromatic heterocycles. The molecule has 0 radical (unpaired) electrons. The minimum atomic E-state index is 0.00954. The van der Waals surface area contributed by atoms with E-state index in [-0.39, 0.29) is 5.13 Å². The zero-order valence-corrected chi connectivity index (χ0v) is 8.46. The first kappa shape index (κ1) is 9.72. The van der Waals surface area contributed by atoms with E-state index in [1.807, 2.05) is 11.4 Å². The van der Waals surface area contributed by atoms with Crippen molar-refractivity contribution in [2.45, 2.75) is 39.0 Å². The van der Waals surface area contributed by atoms with Gasteiger partial charge in [-0.1, -0.05) is 20.3 Å². The summed E-state index contributed by atoms with van der Waals surface area (Å²) in [5.74, 6) is 0.432. The van der Waals surface area contributed by atoms with Gasteiger partial charge in [-0.25, -0.2) is 0 Å². The third-order valence-corrected chi connectivity index (χ3v) is 2.93. The molecule has 12 heavy (non-hydrogen) atoms. The van der Waals surface area contributed by atoms with Crippen molar-refractivity contribution in [1.82, 2.24) is 0 Å². The molecule has 0 N–H and O–H groups in total.